The van der Waals surface area contributed by atoms with Gasteiger partial charge >= 0.3 is 0 Å². The van der Waals surface area contributed by atoms with Gasteiger partial charge in [0.25, 0.3) is 10.2 Å². The zero-order valence-corrected chi connectivity index (χ0v) is 11.7. The fourth-order valence-electron chi connectivity index (χ4n) is 1.51. The Kier molecular flexibility index (Phi) is 3.81. The zero-order valence-electron chi connectivity index (χ0n) is 10.0. The van der Waals surface area contributed by atoms with E-state index in [1.54, 1.807) is 0 Å². The molecule has 0 aromatic heterocycles. The van der Waals surface area contributed by atoms with E-state index < -0.39 is 20.2 Å². The maximum Gasteiger partial charge on any atom is 0.299 e. The summed E-state index contributed by atoms with van der Waals surface area (Å²) in [7, 11) is -7.15. The Balaban J connectivity index is 2.02. The predicted octanol–water partition coefficient (Wildman–Crippen LogP) is -0.116. The van der Waals surface area contributed by atoms with Crippen LogP contribution in [0.2, 0.25) is 0 Å². The van der Waals surface area contributed by atoms with Crippen molar-refractivity contribution in [1.29, 1.82) is 0 Å². The van der Waals surface area contributed by atoms with Crippen LogP contribution in [0.25, 0.3) is 0 Å². The second-order valence-electron chi connectivity index (χ2n) is 4.50. The third kappa shape index (κ3) is 5.15. The number of nitrogens with two attached hydrogens (primary N) is 1. The van der Waals surface area contributed by atoms with Crippen LogP contribution in [0.5, 0.6) is 0 Å². The molecule has 19 heavy (non-hydrogen) atoms. The van der Waals surface area contributed by atoms with E-state index in [4.69, 9.17) is 5.14 Å². The first kappa shape index (κ1) is 14.3. The van der Waals surface area contributed by atoms with Crippen molar-refractivity contribution in [2.75, 3.05) is 4.72 Å². The molecule has 106 valence electrons. The Morgan fingerprint density at radius 3 is 2.16 bits per heavy atom. The van der Waals surface area contributed by atoms with Gasteiger partial charge in [0.15, 0.2) is 0 Å². The predicted molar refractivity (Wildman–Crippen MR) is 72.0 cm³/mol. The molecule has 1 saturated carbocycles. The molecule has 1 aliphatic carbocycles. The zero-order chi connectivity index (χ0) is 14.1. The van der Waals surface area contributed by atoms with E-state index in [1.165, 1.54) is 24.3 Å². The summed E-state index contributed by atoms with van der Waals surface area (Å²) >= 11 is 0. The largest absolute Gasteiger partial charge is 0.299 e. The van der Waals surface area contributed by atoms with Crippen molar-refractivity contribution in [2.24, 2.45) is 5.14 Å². The van der Waals surface area contributed by atoms with Gasteiger partial charge in [0.05, 0.1) is 5.75 Å². The quantitative estimate of drug-likeness (QED) is 0.679. The molecular formula is C10H15N3O4S2. The van der Waals surface area contributed by atoms with E-state index in [0.29, 0.717) is 11.3 Å². The highest BCUT2D eigenvalue weighted by molar-refractivity contribution is 7.90. The van der Waals surface area contributed by atoms with E-state index in [0.717, 1.165) is 12.8 Å². The van der Waals surface area contributed by atoms with Crippen LogP contribution in [0.1, 0.15) is 18.4 Å². The van der Waals surface area contributed by atoms with Crippen LogP contribution < -0.4 is 14.6 Å². The highest BCUT2D eigenvalue weighted by Gasteiger charge is 2.26. The fourth-order valence-corrected chi connectivity index (χ4v) is 3.34. The minimum Gasteiger partial charge on any atom is -0.271 e. The molecule has 2 rings (SSSR count). The van der Waals surface area contributed by atoms with E-state index in [1.807, 2.05) is 0 Å². The molecule has 0 amide bonds. The van der Waals surface area contributed by atoms with Crippen molar-refractivity contribution in [3.8, 4) is 0 Å². The van der Waals surface area contributed by atoms with E-state index in [-0.39, 0.29) is 11.8 Å². The van der Waals surface area contributed by atoms with Crippen molar-refractivity contribution >= 4 is 25.9 Å². The Morgan fingerprint density at radius 1 is 1.11 bits per heavy atom. The molecule has 9 heteroatoms. The Morgan fingerprint density at radius 2 is 1.68 bits per heavy atom. The minimum absolute atomic E-state index is 0.0270. The van der Waals surface area contributed by atoms with Gasteiger partial charge in [0.1, 0.15) is 0 Å². The molecule has 0 aliphatic heterocycles. The lowest BCUT2D eigenvalue weighted by Gasteiger charge is -2.09. The average molecular weight is 305 g/mol. The second-order valence-corrected chi connectivity index (χ2v) is 7.56. The van der Waals surface area contributed by atoms with Gasteiger partial charge in [-0.05, 0) is 30.5 Å². The summed E-state index contributed by atoms with van der Waals surface area (Å²) in [6, 6.07) is 6.04. The van der Waals surface area contributed by atoms with Crippen LogP contribution in [0.15, 0.2) is 24.3 Å². The highest BCUT2D eigenvalue weighted by Crippen LogP contribution is 2.20. The SMILES string of the molecule is NS(=O)(=O)Cc1ccc(NS(=O)(=O)NC2CC2)cc1. The van der Waals surface area contributed by atoms with Gasteiger partial charge in [-0.15, -0.1) is 0 Å². The highest BCUT2D eigenvalue weighted by atomic mass is 32.2. The number of nitrogens with one attached hydrogen (secondary N) is 2. The summed E-state index contributed by atoms with van der Waals surface area (Å²) in [6.45, 7) is 0. The number of hydrogen-bond donors (Lipinski definition) is 3. The molecule has 1 aliphatic rings. The van der Waals surface area contributed by atoms with Crippen LogP contribution in [-0.4, -0.2) is 22.9 Å². The van der Waals surface area contributed by atoms with Gasteiger partial charge in [0, 0.05) is 11.7 Å². The lowest BCUT2D eigenvalue weighted by Crippen LogP contribution is -2.31. The molecule has 1 fully saturated rings. The summed E-state index contributed by atoms with van der Waals surface area (Å²) in [5.74, 6) is -0.277. The van der Waals surface area contributed by atoms with Crippen molar-refractivity contribution in [3.63, 3.8) is 0 Å². The maximum absolute atomic E-state index is 11.6. The van der Waals surface area contributed by atoms with Crippen molar-refractivity contribution < 1.29 is 16.8 Å². The van der Waals surface area contributed by atoms with Crippen molar-refractivity contribution in [2.45, 2.75) is 24.6 Å². The minimum atomic E-state index is -3.58. The van der Waals surface area contributed by atoms with Crippen LogP contribution in [0.3, 0.4) is 0 Å². The van der Waals surface area contributed by atoms with E-state index in [9.17, 15) is 16.8 Å². The molecule has 0 spiro atoms. The average Bonchev–Trinajstić information content (AvgIpc) is 3.01. The van der Waals surface area contributed by atoms with Gasteiger partial charge < -0.3 is 0 Å². The Labute approximate surface area is 112 Å². The Bertz CT molecular complexity index is 649. The molecular weight excluding hydrogens is 290 g/mol. The van der Waals surface area contributed by atoms with Gasteiger partial charge in [-0.3, -0.25) is 4.72 Å². The van der Waals surface area contributed by atoms with Gasteiger partial charge in [-0.25, -0.2) is 13.6 Å². The molecule has 0 heterocycles. The summed E-state index contributed by atoms with van der Waals surface area (Å²) in [5.41, 5.74) is 0.868. The van der Waals surface area contributed by atoms with Crippen molar-refractivity contribution in [1.82, 2.24) is 4.72 Å². The first-order valence-electron chi connectivity index (χ1n) is 5.63. The molecule has 1 aromatic rings. The van der Waals surface area contributed by atoms with E-state index in [2.05, 4.69) is 9.44 Å². The fraction of sp³-hybridized carbons (Fsp3) is 0.400. The first-order chi connectivity index (χ1) is 8.73. The molecule has 4 N–H and O–H groups in total. The summed E-state index contributed by atoms with van der Waals surface area (Å²) in [5, 5.41) is 4.92. The normalized spacial score (nSPS) is 16.3. The Hall–Kier alpha value is -1.16. The molecule has 0 atom stereocenters. The molecule has 0 unspecified atom stereocenters. The maximum atomic E-state index is 11.6. The molecule has 7 nitrogen and oxygen atoms in total. The monoisotopic (exact) mass is 305 g/mol. The number of anilines is 1. The van der Waals surface area contributed by atoms with Crippen LogP contribution in [0.4, 0.5) is 5.69 Å². The molecule has 0 saturated heterocycles. The number of sulfonamides is 1. The van der Waals surface area contributed by atoms with Gasteiger partial charge in [-0.2, -0.15) is 13.1 Å². The van der Waals surface area contributed by atoms with Gasteiger partial charge in [-0.1, -0.05) is 12.1 Å². The first-order valence-corrected chi connectivity index (χ1v) is 8.83. The number of hydrogen-bond acceptors (Lipinski definition) is 4. The second kappa shape index (κ2) is 5.08. The standard InChI is InChI=1S/C10H15N3O4S2/c11-18(14,15)7-8-1-3-9(4-2-8)12-19(16,17)13-10-5-6-10/h1-4,10,12-13H,5-7H2,(H2,11,14,15). The molecule has 1 aromatic carbocycles. The lowest BCUT2D eigenvalue weighted by atomic mass is 10.2. The van der Waals surface area contributed by atoms with Crippen molar-refractivity contribution in [3.05, 3.63) is 29.8 Å². The van der Waals surface area contributed by atoms with E-state index >= 15 is 0 Å². The number of primary sulfonamides is 1. The lowest BCUT2D eigenvalue weighted by molar-refractivity contribution is 0.586. The molecule has 0 radical (unpaired) electrons. The summed E-state index contributed by atoms with van der Waals surface area (Å²) in [4.78, 5) is 0. The van der Waals surface area contributed by atoms with Gasteiger partial charge in [0.2, 0.25) is 10.0 Å². The molecule has 0 bridgehead atoms. The third-order valence-corrected chi connectivity index (χ3v) is 4.36. The third-order valence-electron chi connectivity index (χ3n) is 2.47. The topological polar surface area (TPSA) is 118 Å². The van der Waals surface area contributed by atoms with Crippen LogP contribution in [-0.2, 0) is 26.0 Å². The summed E-state index contributed by atoms with van der Waals surface area (Å²) < 4.78 is 49.9. The smallest absolute Gasteiger partial charge is 0.271 e. The number of rotatable bonds is 6. The number of benzene rings is 1. The van der Waals surface area contributed by atoms with Crippen LogP contribution in [0, 0.1) is 0 Å². The van der Waals surface area contributed by atoms with Crippen LogP contribution >= 0.6 is 0 Å². The summed E-state index contributed by atoms with van der Waals surface area (Å²) in [6.07, 6.45) is 1.71.